The van der Waals surface area contributed by atoms with E-state index in [9.17, 15) is 9.59 Å². The molecule has 13 heteroatoms. The summed E-state index contributed by atoms with van der Waals surface area (Å²) in [5, 5.41) is 12.1. The maximum absolute atomic E-state index is 12.9. The topological polar surface area (TPSA) is 129 Å². The second kappa shape index (κ2) is 16.3. The number of nitrogens with one attached hydrogen (secondary N) is 1. The number of benzene rings is 2. The van der Waals surface area contributed by atoms with Crippen molar-refractivity contribution in [3.8, 4) is 22.5 Å². The lowest BCUT2D eigenvalue weighted by Crippen LogP contribution is -2.41. The van der Waals surface area contributed by atoms with Crippen LogP contribution in [-0.2, 0) is 28.3 Å². The van der Waals surface area contributed by atoms with Crippen LogP contribution in [0.5, 0.6) is 0 Å². The Morgan fingerprint density at radius 3 is 2.25 bits per heavy atom. The van der Waals surface area contributed by atoms with Gasteiger partial charge in [0, 0.05) is 45.3 Å². The fourth-order valence-corrected chi connectivity index (χ4v) is 7.60. The first-order valence-corrected chi connectivity index (χ1v) is 23.4. The number of amides is 2. The van der Waals surface area contributed by atoms with Gasteiger partial charge in [0.1, 0.15) is 24.3 Å². The summed E-state index contributed by atoms with van der Waals surface area (Å²) in [6, 6.07) is 18.3. The molecule has 0 saturated carbocycles. The minimum Gasteiger partial charge on any atom is -0.444 e. The van der Waals surface area contributed by atoms with Crippen molar-refractivity contribution in [3.63, 3.8) is 0 Å². The number of ether oxygens (including phenoxy) is 2. The predicted molar refractivity (Wildman–Crippen MR) is 223 cm³/mol. The zero-order valence-electron chi connectivity index (χ0n) is 34.8. The molecule has 0 spiro atoms. The SMILES string of the molecule is Cc1cc(-c2ncnc3c2cc(-c2ccc(C4CCN(C(=O)OC(C)(C)C)CC4)cc2)n3COCC[Si](C)(C)C)ccc1CNC(=O)c1cn(C(C)(C)C)nn1. The van der Waals surface area contributed by atoms with Crippen LogP contribution in [0.15, 0.2) is 61.1 Å². The Hall–Kier alpha value is -4.88. The lowest BCUT2D eigenvalue weighted by atomic mass is 9.89. The third-order valence-corrected chi connectivity index (χ3v) is 11.9. The van der Waals surface area contributed by atoms with E-state index in [4.69, 9.17) is 19.4 Å². The standard InChI is InChI=1S/C43H58N8O4Si/c1-29-23-33(15-16-34(29)25-44-40(52)36-26-51(48-47-36)42(2,3)4)38-35-24-37(50(39(35)46-27-45-38)28-54-21-22-56(8,9)10)32-13-11-30(12-14-32)31-17-19-49(20-18-31)41(53)55-43(5,6)7/h11-16,23-24,26-27,31H,17-22,25,28H2,1-10H3,(H,44,52). The van der Waals surface area contributed by atoms with Gasteiger partial charge in [-0.25, -0.2) is 19.4 Å². The molecule has 5 aromatic rings. The molecule has 0 aliphatic carbocycles. The smallest absolute Gasteiger partial charge is 0.410 e. The average molecular weight is 779 g/mol. The van der Waals surface area contributed by atoms with Crippen molar-refractivity contribution in [1.29, 1.82) is 0 Å². The summed E-state index contributed by atoms with van der Waals surface area (Å²) >= 11 is 0. The van der Waals surface area contributed by atoms with Gasteiger partial charge in [0.15, 0.2) is 5.69 Å². The number of piperidine rings is 1. The van der Waals surface area contributed by atoms with E-state index in [0.717, 1.165) is 63.6 Å². The Balaban J connectivity index is 1.23. The number of aryl methyl sites for hydroxylation is 1. The minimum absolute atomic E-state index is 0.234. The van der Waals surface area contributed by atoms with E-state index < -0.39 is 13.7 Å². The molecule has 0 bridgehead atoms. The molecule has 0 unspecified atom stereocenters. The van der Waals surface area contributed by atoms with Crippen LogP contribution >= 0.6 is 0 Å². The molecule has 2 amide bonds. The average Bonchev–Trinajstić information content (AvgIpc) is 3.78. The van der Waals surface area contributed by atoms with E-state index in [2.05, 4.69) is 82.3 Å². The van der Waals surface area contributed by atoms with Crippen molar-refractivity contribution in [2.24, 2.45) is 0 Å². The highest BCUT2D eigenvalue weighted by atomic mass is 28.3. The van der Waals surface area contributed by atoms with Crippen molar-refractivity contribution < 1.29 is 19.1 Å². The summed E-state index contributed by atoms with van der Waals surface area (Å²) in [6.07, 6.45) is 4.86. The van der Waals surface area contributed by atoms with Gasteiger partial charge in [0.2, 0.25) is 0 Å². The molecular weight excluding hydrogens is 721 g/mol. The zero-order valence-corrected chi connectivity index (χ0v) is 35.8. The number of hydrogen-bond acceptors (Lipinski definition) is 8. The minimum atomic E-state index is -1.27. The van der Waals surface area contributed by atoms with Crippen LogP contribution in [0.4, 0.5) is 4.79 Å². The third-order valence-electron chi connectivity index (χ3n) is 10.2. The highest BCUT2D eigenvalue weighted by Crippen LogP contribution is 2.35. The first-order valence-electron chi connectivity index (χ1n) is 19.7. The lowest BCUT2D eigenvalue weighted by Gasteiger charge is -2.33. The van der Waals surface area contributed by atoms with Crippen molar-refractivity contribution in [2.75, 3.05) is 19.7 Å². The van der Waals surface area contributed by atoms with E-state index in [0.29, 0.717) is 38.9 Å². The quantitative estimate of drug-likeness (QED) is 0.104. The normalized spacial score (nSPS) is 14.4. The van der Waals surface area contributed by atoms with Crippen molar-refractivity contribution in [1.82, 2.24) is 39.7 Å². The predicted octanol–water partition coefficient (Wildman–Crippen LogP) is 8.78. The molecule has 56 heavy (non-hydrogen) atoms. The van der Waals surface area contributed by atoms with Gasteiger partial charge in [-0.2, -0.15) is 0 Å². The van der Waals surface area contributed by atoms with E-state index in [-0.39, 0.29) is 23.2 Å². The first kappa shape index (κ1) is 40.8. The van der Waals surface area contributed by atoms with Crippen molar-refractivity contribution >= 4 is 31.1 Å². The zero-order chi connectivity index (χ0) is 40.4. The molecule has 1 saturated heterocycles. The van der Waals surface area contributed by atoms with E-state index in [1.165, 1.54) is 5.56 Å². The molecule has 12 nitrogen and oxygen atoms in total. The second-order valence-corrected chi connectivity index (χ2v) is 23.8. The third kappa shape index (κ3) is 9.91. The number of carbonyl (C=O) groups excluding carboxylic acids is 2. The van der Waals surface area contributed by atoms with Crippen LogP contribution < -0.4 is 5.32 Å². The van der Waals surface area contributed by atoms with Crippen LogP contribution in [0.2, 0.25) is 25.7 Å². The Labute approximate surface area is 332 Å². The molecule has 1 N–H and O–H groups in total. The molecule has 2 aromatic carbocycles. The fourth-order valence-electron chi connectivity index (χ4n) is 6.85. The molecule has 0 radical (unpaired) electrons. The van der Waals surface area contributed by atoms with Crippen LogP contribution in [0.1, 0.15) is 87.5 Å². The molecule has 6 rings (SSSR count). The van der Waals surface area contributed by atoms with Gasteiger partial charge in [0.05, 0.1) is 23.1 Å². The van der Waals surface area contributed by atoms with Gasteiger partial charge >= 0.3 is 6.09 Å². The fraction of sp³-hybridized carbons (Fsp3) is 0.488. The summed E-state index contributed by atoms with van der Waals surface area (Å²) in [5.74, 6) is 0.110. The molecule has 4 heterocycles. The van der Waals surface area contributed by atoms with Gasteiger partial charge in [-0.05, 0) is 108 Å². The molecule has 3 aromatic heterocycles. The second-order valence-electron chi connectivity index (χ2n) is 18.2. The van der Waals surface area contributed by atoms with Gasteiger partial charge in [-0.1, -0.05) is 61.3 Å². The van der Waals surface area contributed by atoms with Gasteiger partial charge in [-0.15, -0.1) is 5.10 Å². The summed E-state index contributed by atoms with van der Waals surface area (Å²) in [4.78, 5) is 36.9. The highest BCUT2D eigenvalue weighted by molar-refractivity contribution is 6.76. The first-order chi connectivity index (χ1) is 26.4. The van der Waals surface area contributed by atoms with E-state index in [1.807, 2.05) is 59.4 Å². The summed E-state index contributed by atoms with van der Waals surface area (Å²) in [6.45, 7) is 23.7. The van der Waals surface area contributed by atoms with Crippen LogP contribution in [0, 0.1) is 6.92 Å². The van der Waals surface area contributed by atoms with Gasteiger partial charge < -0.3 is 24.3 Å². The van der Waals surface area contributed by atoms with Crippen LogP contribution in [0.3, 0.4) is 0 Å². The number of rotatable bonds is 11. The maximum Gasteiger partial charge on any atom is 0.410 e. The van der Waals surface area contributed by atoms with E-state index >= 15 is 0 Å². The molecule has 1 aliphatic rings. The number of aromatic nitrogens is 6. The van der Waals surface area contributed by atoms with Crippen molar-refractivity contribution in [3.05, 3.63) is 83.4 Å². The monoisotopic (exact) mass is 778 g/mol. The Kier molecular flexibility index (Phi) is 11.9. The molecule has 1 fully saturated rings. The van der Waals surface area contributed by atoms with Crippen LogP contribution in [0.25, 0.3) is 33.5 Å². The molecular formula is C43H58N8O4Si. The van der Waals surface area contributed by atoms with Crippen molar-refractivity contribution in [2.45, 2.75) is 117 Å². The number of fused-ring (bicyclic) bond motifs is 1. The number of nitrogens with zero attached hydrogens (tertiary/aromatic N) is 7. The Morgan fingerprint density at radius 2 is 1.62 bits per heavy atom. The summed E-state index contributed by atoms with van der Waals surface area (Å²) < 4.78 is 15.8. The number of hydrogen-bond donors (Lipinski definition) is 1. The molecule has 0 atom stereocenters. The largest absolute Gasteiger partial charge is 0.444 e. The summed E-state index contributed by atoms with van der Waals surface area (Å²) in [7, 11) is -1.27. The number of carbonyl (C=O) groups is 2. The molecule has 1 aliphatic heterocycles. The van der Waals surface area contributed by atoms with Gasteiger partial charge in [0.25, 0.3) is 5.91 Å². The number of likely N-dealkylation sites (tertiary alicyclic amines) is 1. The van der Waals surface area contributed by atoms with Gasteiger partial charge in [-0.3, -0.25) is 4.79 Å². The Morgan fingerprint density at radius 1 is 0.929 bits per heavy atom. The van der Waals surface area contributed by atoms with Crippen LogP contribution in [-0.4, -0.2) is 79.8 Å². The molecule has 298 valence electrons. The maximum atomic E-state index is 12.9. The van der Waals surface area contributed by atoms with E-state index in [1.54, 1.807) is 17.2 Å². The highest BCUT2D eigenvalue weighted by Gasteiger charge is 2.28. The Bertz CT molecular complexity index is 2160. The lowest BCUT2D eigenvalue weighted by molar-refractivity contribution is 0.0204. The summed E-state index contributed by atoms with van der Waals surface area (Å²) in [5.41, 5.74) is 7.54.